The lowest BCUT2D eigenvalue weighted by molar-refractivity contribution is 0.111. The second-order valence-corrected chi connectivity index (χ2v) is 11.1. The molecule has 0 aliphatic carbocycles. The van der Waals surface area contributed by atoms with Gasteiger partial charge in [0.1, 0.15) is 5.75 Å². The average molecular weight is 599 g/mol. The normalized spacial score (nSPS) is 10.0. The minimum Gasteiger partial charge on any atom is -0.497 e. The Bertz CT molecular complexity index is 886. The Morgan fingerprint density at radius 1 is 0.962 bits per heavy atom. The number of ether oxygens (including phenoxy) is 1. The van der Waals surface area contributed by atoms with Gasteiger partial charge in [-0.15, -0.1) is 22.7 Å². The molecule has 0 atom stereocenters. The number of aldehydes is 2. The summed E-state index contributed by atoms with van der Waals surface area (Å²) in [6, 6.07) is 11.5. The molecular formula is C17H11Br3O3S3. The van der Waals surface area contributed by atoms with Crippen LogP contribution in [-0.2, 0) is 0 Å². The van der Waals surface area contributed by atoms with Gasteiger partial charge in [0.2, 0.25) is 0 Å². The SMILES string of the molecule is COc1cccc(Sc2sc(C=O)cc2Br)c1.O=Cc1cc(Br)c(Br)s1. The van der Waals surface area contributed by atoms with E-state index in [1.165, 1.54) is 22.7 Å². The van der Waals surface area contributed by atoms with Crippen LogP contribution in [0.3, 0.4) is 0 Å². The number of hydrogen-bond donors (Lipinski definition) is 0. The summed E-state index contributed by atoms with van der Waals surface area (Å²) in [5.74, 6) is 0.832. The quantitative estimate of drug-likeness (QED) is 0.284. The highest BCUT2D eigenvalue weighted by Gasteiger charge is 2.08. The van der Waals surface area contributed by atoms with Crippen molar-refractivity contribution in [3.63, 3.8) is 0 Å². The third-order valence-corrected chi connectivity index (χ3v) is 9.40. The average Bonchev–Trinajstić information content (AvgIpc) is 3.17. The standard InChI is InChI=1S/C12H9BrO2S2.C5H2Br2OS/c1-15-8-3-2-4-9(5-8)16-12-11(13)6-10(7-14)17-12;6-4-1-3(2-8)9-5(4)7/h2-7H,1H3;1-2H. The van der Waals surface area contributed by atoms with E-state index in [-0.39, 0.29) is 0 Å². The minimum absolute atomic E-state index is 0.724. The van der Waals surface area contributed by atoms with Gasteiger partial charge in [-0.25, -0.2) is 0 Å². The summed E-state index contributed by atoms with van der Waals surface area (Å²) in [5.41, 5.74) is 0. The van der Waals surface area contributed by atoms with Crippen molar-refractivity contribution in [2.75, 3.05) is 7.11 Å². The summed E-state index contributed by atoms with van der Waals surface area (Å²) in [6.45, 7) is 0. The van der Waals surface area contributed by atoms with E-state index in [1.807, 2.05) is 30.3 Å². The predicted molar refractivity (Wildman–Crippen MR) is 120 cm³/mol. The van der Waals surface area contributed by atoms with Crippen molar-refractivity contribution in [2.45, 2.75) is 9.10 Å². The van der Waals surface area contributed by atoms with Gasteiger partial charge < -0.3 is 4.74 Å². The van der Waals surface area contributed by atoms with Crippen LogP contribution in [-0.4, -0.2) is 19.7 Å². The lowest BCUT2D eigenvalue weighted by Gasteiger charge is -2.02. The Hall–Kier alpha value is -0.450. The summed E-state index contributed by atoms with van der Waals surface area (Å²) in [6.07, 6.45) is 1.70. The molecule has 3 aromatic rings. The van der Waals surface area contributed by atoms with Gasteiger partial charge in [0.05, 0.1) is 24.9 Å². The summed E-state index contributed by atoms with van der Waals surface area (Å²) >= 11 is 14.5. The molecule has 136 valence electrons. The van der Waals surface area contributed by atoms with Crippen LogP contribution in [0.1, 0.15) is 19.3 Å². The van der Waals surface area contributed by atoms with Crippen LogP contribution in [0.4, 0.5) is 0 Å². The molecule has 0 N–H and O–H groups in total. The maximum absolute atomic E-state index is 10.7. The molecule has 2 heterocycles. The van der Waals surface area contributed by atoms with E-state index < -0.39 is 0 Å². The molecule has 0 bridgehead atoms. The minimum atomic E-state index is 0.724. The third kappa shape index (κ3) is 6.31. The summed E-state index contributed by atoms with van der Waals surface area (Å²) < 4.78 is 9.10. The lowest BCUT2D eigenvalue weighted by atomic mass is 10.3. The molecule has 2 aromatic heterocycles. The fourth-order valence-electron chi connectivity index (χ4n) is 1.69. The highest BCUT2D eigenvalue weighted by Crippen LogP contribution is 2.40. The number of methoxy groups -OCH3 is 1. The zero-order valence-corrected chi connectivity index (χ0v) is 20.4. The number of rotatable bonds is 5. The highest BCUT2D eigenvalue weighted by molar-refractivity contribution is 9.13. The Balaban J connectivity index is 0.000000228. The molecular weight excluding hydrogens is 588 g/mol. The molecule has 0 saturated heterocycles. The van der Waals surface area contributed by atoms with E-state index in [0.29, 0.717) is 0 Å². The molecule has 0 aliphatic rings. The van der Waals surface area contributed by atoms with E-state index in [0.717, 1.165) is 49.9 Å². The molecule has 0 unspecified atom stereocenters. The molecule has 3 rings (SSSR count). The summed E-state index contributed by atoms with van der Waals surface area (Å²) in [7, 11) is 1.65. The van der Waals surface area contributed by atoms with E-state index >= 15 is 0 Å². The maximum atomic E-state index is 10.7. The Labute approximate surface area is 188 Å². The first-order valence-corrected chi connectivity index (χ1v) is 11.8. The first kappa shape index (κ1) is 21.8. The van der Waals surface area contributed by atoms with Crippen LogP contribution >= 0.6 is 82.2 Å². The van der Waals surface area contributed by atoms with E-state index in [1.54, 1.807) is 24.9 Å². The van der Waals surface area contributed by atoms with Gasteiger partial charge in [0.15, 0.2) is 12.6 Å². The van der Waals surface area contributed by atoms with Crippen LogP contribution in [0.2, 0.25) is 0 Å². The molecule has 0 saturated carbocycles. The van der Waals surface area contributed by atoms with Crippen molar-refractivity contribution in [1.29, 1.82) is 0 Å². The number of benzene rings is 1. The number of halogens is 3. The van der Waals surface area contributed by atoms with Crippen LogP contribution in [0.25, 0.3) is 0 Å². The monoisotopic (exact) mass is 596 g/mol. The fourth-order valence-corrected chi connectivity index (χ4v) is 6.51. The molecule has 1 aromatic carbocycles. The zero-order chi connectivity index (χ0) is 19.1. The van der Waals surface area contributed by atoms with Gasteiger partial charge in [-0.3, -0.25) is 9.59 Å². The third-order valence-electron chi connectivity index (χ3n) is 2.82. The van der Waals surface area contributed by atoms with Crippen molar-refractivity contribution in [3.05, 3.63) is 58.9 Å². The zero-order valence-electron chi connectivity index (χ0n) is 13.2. The number of hydrogen-bond acceptors (Lipinski definition) is 6. The van der Waals surface area contributed by atoms with Gasteiger partial charge in [-0.1, -0.05) is 17.8 Å². The van der Waals surface area contributed by atoms with Crippen molar-refractivity contribution in [2.24, 2.45) is 0 Å². The summed E-state index contributed by atoms with van der Waals surface area (Å²) in [4.78, 5) is 23.4. The van der Waals surface area contributed by atoms with Crippen LogP contribution < -0.4 is 4.74 Å². The van der Waals surface area contributed by atoms with Gasteiger partial charge in [-0.05, 0) is 78.1 Å². The van der Waals surface area contributed by atoms with Crippen molar-refractivity contribution in [3.8, 4) is 5.75 Å². The van der Waals surface area contributed by atoms with Crippen molar-refractivity contribution < 1.29 is 14.3 Å². The van der Waals surface area contributed by atoms with E-state index in [4.69, 9.17) is 4.74 Å². The maximum Gasteiger partial charge on any atom is 0.160 e. The first-order valence-electron chi connectivity index (χ1n) is 6.93. The van der Waals surface area contributed by atoms with E-state index in [2.05, 4.69) is 47.8 Å². The molecule has 26 heavy (non-hydrogen) atoms. The fraction of sp³-hybridized carbons (Fsp3) is 0.0588. The van der Waals surface area contributed by atoms with Gasteiger partial charge in [0, 0.05) is 13.8 Å². The number of carbonyl (C=O) groups excluding carboxylic acids is 2. The predicted octanol–water partition coefficient (Wildman–Crippen LogP) is 7.57. The largest absolute Gasteiger partial charge is 0.497 e. The number of thiophene rings is 2. The Morgan fingerprint density at radius 3 is 2.12 bits per heavy atom. The molecule has 9 heteroatoms. The van der Waals surface area contributed by atoms with Crippen molar-refractivity contribution in [1.82, 2.24) is 0 Å². The molecule has 0 aliphatic heterocycles. The van der Waals surface area contributed by atoms with Crippen LogP contribution in [0.15, 0.2) is 58.2 Å². The molecule has 0 amide bonds. The van der Waals surface area contributed by atoms with Gasteiger partial charge >= 0.3 is 0 Å². The smallest absolute Gasteiger partial charge is 0.160 e. The Kier molecular flexibility index (Phi) is 9.05. The second-order valence-electron chi connectivity index (χ2n) is 4.57. The van der Waals surface area contributed by atoms with E-state index in [9.17, 15) is 9.59 Å². The summed E-state index contributed by atoms with van der Waals surface area (Å²) in [5, 5.41) is 0. The van der Waals surface area contributed by atoms with Crippen LogP contribution in [0, 0.1) is 0 Å². The first-order chi connectivity index (χ1) is 12.5. The van der Waals surface area contributed by atoms with Gasteiger partial charge in [-0.2, -0.15) is 0 Å². The lowest BCUT2D eigenvalue weighted by Crippen LogP contribution is -1.81. The molecule has 3 nitrogen and oxygen atoms in total. The molecule has 0 fully saturated rings. The molecule has 0 radical (unpaired) electrons. The number of carbonyl (C=O) groups is 2. The van der Waals surface area contributed by atoms with Gasteiger partial charge in [0.25, 0.3) is 0 Å². The topological polar surface area (TPSA) is 43.4 Å². The second kappa shape index (κ2) is 10.8. The Morgan fingerprint density at radius 2 is 1.62 bits per heavy atom. The molecule has 0 spiro atoms. The highest BCUT2D eigenvalue weighted by atomic mass is 79.9. The van der Waals surface area contributed by atoms with Crippen molar-refractivity contribution >= 4 is 94.8 Å². The van der Waals surface area contributed by atoms with Crippen LogP contribution in [0.5, 0.6) is 5.75 Å².